The molecule has 1 saturated carbocycles. The summed E-state index contributed by atoms with van der Waals surface area (Å²) in [5.74, 6) is 0.879. The van der Waals surface area contributed by atoms with Gasteiger partial charge in [0.05, 0.1) is 18.1 Å². The van der Waals surface area contributed by atoms with Crippen molar-refractivity contribution in [2.75, 3.05) is 13.1 Å². The molecule has 1 aliphatic rings. The summed E-state index contributed by atoms with van der Waals surface area (Å²) in [4.78, 5) is 12.9. The average molecular weight is 363 g/mol. The maximum atomic E-state index is 10.9. The van der Waals surface area contributed by atoms with Crippen LogP contribution in [0.25, 0.3) is 11.3 Å². The summed E-state index contributed by atoms with van der Waals surface area (Å²) < 4.78 is 5.88. The van der Waals surface area contributed by atoms with E-state index in [1.54, 1.807) is 0 Å². The van der Waals surface area contributed by atoms with Crippen LogP contribution in [0.4, 0.5) is 0 Å². The molecule has 0 aliphatic heterocycles. The van der Waals surface area contributed by atoms with E-state index in [9.17, 15) is 4.79 Å². The minimum Gasteiger partial charge on any atom is -0.480 e. The number of carboxylic acids is 1. The van der Waals surface area contributed by atoms with Gasteiger partial charge in [0.25, 0.3) is 0 Å². The Labute approximate surface area is 152 Å². The van der Waals surface area contributed by atoms with Crippen molar-refractivity contribution in [3.63, 3.8) is 0 Å². The first-order valence-corrected chi connectivity index (χ1v) is 8.97. The number of carboxylic acid groups (broad SMARTS) is 1. The second-order valence-corrected chi connectivity index (χ2v) is 6.81. The first kappa shape index (κ1) is 18.0. The molecule has 2 aromatic rings. The number of furan rings is 1. The number of halogens is 1. The normalized spacial score (nSPS) is 19.8. The van der Waals surface area contributed by atoms with Crippen molar-refractivity contribution in [2.24, 2.45) is 0 Å². The van der Waals surface area contributed by atoms with Crippen molar-refractivity contribution in [3.8, 4) is 11.3 Å². The Balaban J connectivity index is 1.48. The van der Waals surface area contributed by atoms with E-state index < -0.39 is 5.97 Å². The lowest BCUT2D eigenvalue weighted by Crippen LogP contribution is -2.53. The molecule has 1 heterocycles. The second-order valence-electron chi connectivity index (χ2n) is 6.41. The van der Waals surface area contributed by atoms with Crippen LogP contribution in [0.5, 0.6) is 0 Å². The van der Waals surface area contributed by atoms with Gasteiger partial charge in [-0.3, -0.25) is 9.69 Å². The fourth-order valence-electron chi connectivity index (χ4n) is 3.25. The van der Waals surface area contributed by atoms with Crippen LogP contribution in [0.15, 0.2) is 40.8 Å². The SMILES string of the molecule is CCN(CC(=O)O)C1CC(NCc2ccc(-c3ccccc3Cl)o2)C1. The van der Waals surface area contributed by atoms with Crippen molar-refractivity contribution in [1.82, 2.24) is 10.2 Å². The minimum atomic E-state index is -0.763. The number of likely N-dealkylation sites (N-methyl/N-ethyl adjacent to an activating group) is 1. The van der Waals surface area contributed by atoms with Gasteiger partial charge >= 0.3 is 5.97 Å². The van der Waals surface area contributed by atoms with Crippen LogP contribution in [-0.4, -0.2) is 41.1 Å². The summed E-state index contributed by atoms with van der Waals surface area (Å²) in [6, 6.07) is 12.3. The van der Waals surface area contributed by atoms with Crippen LogP contribution < -0.4 is 5.32 Å². The van der Waals surface area contributed by atoms with Gasteiger partial charge in [0.15, 0.2) is 0 Å². The number of aliphatic carboxylic acids is 1. The third kappa shape index (κ3) is 4.42. The number of benzene rings is 1. The van der Waals surface area contributed by atoms with Gasteiger partial charge in [-0.2, -0.15) is 0 Å². The van der Waals surface area contributed by atoms with Crippen molar-refractivity contribution < 1.29 is 14.3 Å². The highest BCUT2D eigenvalue weighted by Gasteiger charge is 2.33. The third-order valence-corrected chi connectivity index (χ3v) is 5.07. The molecule has 0 saturated heterocycles. The van der Waals surface area contributed by atoms with Crippen LogP contribution in [0, 0.1) is 0 Å². The number of carbonyl (C=O) groups is 1. The summed E-state index contributed by atoms with van der Waals surface area (Å²) in [6.07, 6.45) is 1.94. The fraction of sp³-hybridized carbons (Fsp3) is 0.421. The Kier molecular flexibility index (Phi) is 5.78. The third-order valence-electron chi connectivity index (χ3n) is 4.74. The predicted molar refractivity (Wildman–Crippen MR) is 97.7 cm³/mol. The van der Waals surface area contributed by atoms with E-state index in [0.717, 1.165) is 36.5 Å². The molecule has 25 heavy (non-hydrogen) atoms. The van der Waals surface area contributed by atoms with E-state index in [2.05, 4.69) is 5.32 Å². The van der Waals surface area contributed by atoms with Crippen molar-refractivity contribution >= 4 is 17.6 Å². The molecule has 5 nitrogen and oxygen atoms in total. The monoisotopic (exact) mass is 362 g/mol. The van der Waals surface area contributed by atoms with E-state index >= 15 is 0 Å². The molecule has 0 unspecified atom stereocenters. The van der Waals surface area contributed by atoms with E-state index in [4.69, 9.17) is 21.1 Å². The van der Waals surface area contributed by atoms with Gasteiger partial charge in [0.1, 0.15) is 11.5 Å². The molecule has 134 valence electrons. The standard InChI is InChI=1S/C19H23ClN2O3/c1-2-22(12-19(23)24)14-9-13(10-14)21-11-15-7-8-18(25-15)16-5-3-4-6-17(16)20/h3-8,13-14,21H,2,9-12H2,1H3,(H,23,24). The van der Waals surface area contributed by atoms with Crippen LogP contribution in [0.1, 0.15) is 25.5 Å². The van der Waals surface area contributed by atoms with E-state index in [1.165, 1.54) is 0 Å². The highest BCUT2D eigenvalue weighted by atomic mass is 35.5. The van der Waals surface area contributed by atoms with Crippen molar-refractivity contribution in [1.29, 1.82) is 0 Å². The molecule has 0 spiro atoms. The van der Waals surface area contributed by atoms with Gasteiger partial charge in [0, 0.05) is 17.6 Å². The summed E-state index contributed by atoms with van der Waals surface area (Å²) in [6.45, 7) is 3.55. The fourth-order valence-corrected chi connectivity index (χ4v) is 3.48. The van der Waals surface area contributed by atoms with E-state index in [-0.39, 0.29) is 6.54 Å². The zero-order valence-corrected chi connectivity index (χ0v) is 15.0. The zero-order valence-electron chi connectivity index (χ0n) is 14.2. The number of rotatable bonds is 8. The van der Waals surface area contributed by atoms with Crippen molar-refractivity contribution in [2.45, 2.75) is 38.4 Å². The largest absolute Gasteiger partial charge is 0.480 e. The number of hydrogen-bond donors (Lipinski definition) is 2. The van der Waals surface area contributed by atoms with Gasteiger partial charge in [-0.25, -0.2) is 0 Å². The Morgan fingerprint density at radius 2 is 2.08 bits per heavy atom. The quantitative estimate of drug-likeness (QED) is 0.750. The van der Waals surface area contributed by atoms with Crippen LogP contribution in [0.2, 0.25) is 5.02 Å². The van der Waals surface area contributed by atoms with Crippen LogP contribution in [0.3, 0.4) is 0 Å². The Morgan fingerprint density at radius 1 is 1.32 bits per heavy atom. The molecule has 2 N–H and O–H groups in total. The molecule has 1 aliphatic carbocycles. The van der Waals surface area contributed by atoms with E-state index in [0.29, 0.717) is 23.7 Å². The molecule has 1 aromatic heterocycles. The van der Waals surface area contributed by atoms with Gasteiger partial charge in [-0.1, -0.05) is 30.7 Å². The van der Waals surface area contributed by atoms with Gasteiger partial charge in [-0.15, -0.1) is 0 Å². The smallest absolute Gasteiger partial charge is 0.317 e. The topological polar surface area (TPSA) is 65.7 Å². The Morgan fingerprint density at radius 3 is 2.76 bits per heavy atom. The number of hydrogen-bond acceptors (Lipinski definition) is 4. The maximum Gasteiger partial charge on any atom is 0.317 e. The summed E-state index contributed by atoms with van der Waals surface area (Å²) in [7, 11) is 0. The second kappa shape index (κ2) is 8.04. The first-order chi connectivity index (χ1) is 12.1. The molecular weight excluding hydrogens is 340 g/mol. The zero-order chi connectivity index (χ0) is 17.8. The van der Waals surface area contributed by atoms with Crippen molar-refractivity contribution in [3.05, 3.63) is 47.2 Å². The van der Waals surface area contributed by atoms with Gasteiger partial charge in [-0.05, 0) is 43.7 Å². The number of nitrogens with one attached hydrogen (secondary N) is 1. The highest BCUT2D eigenvalue weighted by Crippen LogP contribution is 2.30. The molecule has 0 atom stereocenters. The summed E-state index contributed by atoms with van der Waals surface area (Å²) >= 11 is 6.20. The van der Waals surface area contributed by atoms with Crippen LogP contribution >= 0.6 is 11.6 Å². The van der Waals surface area contributed by atoms with Crippen LogP contribution in [-0.2, 0) is 11.3 Å². The van der Waals surface area contributed by atoms with E-state index in [1.807, 2.05) is 48.2 Å². The molecular formula is C19H23ClN2O3. The Hall–Kier alpha value is -1.82. The lowest BCUT2D eigenvalue weighted by atomic mass is 9.85. The maximum absolute atomic E-state index is 10.9. The molecule has 0 amide bonds. The molecule has 3 rings (SSSR count). The minimum absolute atomic E-state index is 0.118. The average Bonchev–Trinajstić information content (AvgIpc) is 3.01. The number of nitrogens with zero attached hydrogens (tertiary/aromatic N) is 1. The Bertz CT molecular complexity index is 725. The van der Waals surface area contributed by atoms with Gasteiger partial charge < -0.3 is 14.8 Å². The molecule has 0 radical (unpaired) electrons. The molecule has 1 aromatic carbocycles. The molecule has 0 bridgehead atoms. The predicted octanol–water partition coefficient (Wildman–Crippen LogP) is 3.63. The lowest BCUT2D eigenvalue weighted by Gasteiger charge is -2.42. The molecule has 1 fully saturated rings. The molecule has 6 heteroatoms. The lowest BCUT2D eigenvalue weighted by molar-refractivity contribution is -0.139. The first-order valence-electron chi connectivity index (χ1n) is 8.59. The summed E-state index contributed by atoms with van der Waals surface area (Å²) in [5.41, 5.74) is 0.895. The summed E-state index contributed by atoms with van der Waals surface area (Å²) in [5, 5.41) is 13.1. The van der Waals surface area contributed by atoms with Gasteiger partial charge in [0.2, 0.25) is 0 Å². The highest BCUT2D eigenvalue weighted by molar-refractivity contribution is 6.33.